The predicted octanol–water partition coefficient (Wildman–Crippen LogP) is 13.7. The number of hydrogen-bond donors (Lipinski definition) is 1. The molecule has 0 aliphatic carbocycles. The van der Waals surface area contributed by atoms with Gasteiger partial charge >= 0.3 is 0 Å². The van der Waals surface area contributed by atoms with Crippen LogP contribution in [0.25, 0.3) is 11.1 Å². The Morgan fingerprint density at radius 2 is 0.952 bits per heavy atom. The van der Waals surface area contributed by atoms with E-state index in [4.69, 9.17) is 0 Å². The van der Waals surface area contributed by atoms with Crippen LogP contribution in [0.1, 0.15) is 159 Å². The van der Waals surface area contributed by atoms with Gasteiger partial charge in [0.05, 0.1) is 0 Å². The number of aryl methyl sites for hydroxylation is 1. The lowest BCUT2D eigenvalue weighted by molar-refractivity contribution is 0.472. The Morgan fingerprint density at radius 1 is 0.524 bits per heavy atom. The molecule has 0 radical (unpaired) electrons. The summed E-state index contributed by atoms with van der Waals surface area (Å²) >= 11 is 4.06. The van der Waals surface area contributed by atoms with Crippen LogP contribution in [0.3, 0.4) is 0 Å². The van der Waals surface area contributed by atoms with Gasteiger partial charge in [0, 0.05) is 22.6 Å². The molecule has 0 aliphatic rings. The molecule has 3 heteroatoms. The van der Waals surface area contributed by atoms with Gasteiger partial charge < -0.3 is 5.11 Å². The lowest BCUT2D eigenvalue weighted by Gasteiger charge is -2.14. The van der Waals surface area contributed by atoms with Crippen LogP contribution < -0.4 is 0 Å². The van der Waals surface area contributed by atoms with Crippen molar-refractivity contribution in [2.45, 2.75) is 161 Å². The number of aromatic hydroxyl groups is 1. The average Bonchev–Trinajstić information content (AvgIpc) is 3.00. The molecule has 42 heavy (non-hydrogen) atoms. The second-order valence-electron chi connectivity index (χ2n) is 12.5. The van der Waals surface area contributed by atoms with Crippen LogP contribution in [0.2, 0.25) is 0 Å². The summed E-state index contributed by atoms with van der Waals surface area (Å²) in [6, 6.07) is 13.1. The van der Waals surface area contributed by atoms with Crippen LogP contribution in [-0.4, -0.2) is 16.6 Å². The third-order valence-electron chi connectivity index (χ3n) is 8.42. The Bertz CT molecular complexity index is 907. The average molecular weight is 613 g/mol. The van der Waals surface area contributed by atoms with E-state index in [0.29, 0.717) is 5.75 Å². The van der Waals surface area contributed by atoms with Crippen molar-refractivity contribution in [2.75, 3.05) is 11.5 Å². The Labute approximate surface area is 269 Å². The Balaban J connectivity index is 1.74. The van der Waals surface area contributed by atoms with Gasteiger partial charge in [-0.3, -0.25) is 0 Å². The molecule has 0 aliphatic heterocycles. The van der Waals surface area contributed by atoms with Gasteiger partial charge in [-0.05, 0) is 48.5 Å². The van der Waals surface area contributed by atoms with Gasteiger partial charge in [-0.15, -0.1) is 0 Å². The third kappa shape index (κ3) is 17.3. The normalized spacial score (nSPS) is 11.4. The highest BCUT2D eigenvalue weighted by molar-refractivity contribution is 7.98. The number of phenols is 1. The highest BCUT2D eigenvalue weighted by Crippen LogP contribution is 2.37. The van der Waals surface area contributed by atoms with Gasteiger partial charge in [-0.1, -0.05) is 165 Å². The molecule has 238 valence electrons. The molecule has 1 N–H and O–H groups in total. The fraction of sp³-hybridized carbons (Fsp3) is 0.692. The molecule has 0 fully saturated rings. The van der Waals surface area contributed by atoms with Gasteiger partial charge in [0.1, 0.15) is 5.75 Å². The molecule has 0 spiro atoms. The van der Waals surface area contributed by atoms with Crippen molar-refractivity contribution in [2.24, 2.45) is 0 Å². The summed E-state index contributed by atoms with van der Waals surface area (Å²) < 4.78 is 0. The largest absolute Gasteiger partial charge is 0.507 e. The number of thioether (sulfide) groups is 2. The zero-order valence-electron chi connectivity index (χ0n) is 27.7. The maximum Gasteiger partial charge on any atom is 0.127 e. The molecule has 0 saturated carbocycles. The Hall–Kier alpha value is -1.06. The second-order valence-corrected chi connectivity index (χ2v) is 14.7. The minimum atomic E-state index is 0.484. The molecule has 2 aromatic rings. The summed E-state index contributed by atoms with van der Waals surface area (Å²) in [6.07, 6.45) is 27.8. The van der Waals surface area contributed by atoms with Gasteiger partial charge in [0.25, 0.3) is 0 Å². The fourth-order valence-electron chi connectivity index (χ4n) is 5.66. The minimum absolute atomic E-state index is 0.484. The van der Waals surface area contributed by atoms with Crippen molar-refractivity contribution in [3.05, 3.63) is 53.1 Å². The SMILES string of the molecule is CCCCCCCCCCCCSCc1cc(CSCCCCCCCCCCCC)c(O)c(-c2ccc(C)cc2)c1. The van der Waals surface area contributed by atoms with E-state index < -0.39 is 0 Å². The highest BCUT2D eigenvalue weighted by Gasteiger charge is 2.12. The van der Waals surface area contributed by atoms with Crippen molar-refractivity contribution in [3.8, 4) is 16.9 Å². The zero-order valence-corrected chi connectivity index (χ0v) is 29.3. The van der Waals surface area contributed by atoms with E-state index in [1.165, 1.54) is 151 Å². The lowest BCUT2D eigenvalue weighted by Crippen LogP contribution is -1.93. The number of phenolic OH excluding ortho intramolecular Hbond substituents is 1. The van der Waals surface area contributed by atoms with Gasteiger partial charge in [-0.25, -0.2) is 0 Å². The van der Waals surface area contributed by atoms with Gasteiger partial charge in [-0.2, -0.15) is 23.5 Å². The third-order valence-corrected chi connectivity index (χ3v) is 10.6. The molecule has 0 atom stereocenters. The first-order chi connectivity index (χ1) is 20.7. The van der Waals surface area contributed by atoms with Gasteiger partial charge in [0.2, 0.25) is 0 Å². The van der Waals surface area contributed by atoms with Crippen LogP contribution in [0.5, 0.6) is 5.75 Å². The maximum atomic E-state index is 11.3. The quantitative estimate of drug-likeness (QED) is 0.101. The van der Waals surface area contributed by atoms with Crippen LogP contribution in [0, 0.1) is 6.92 Å². The molecule has 2 aromatic carbocycles. The number of rotatable bonds is 27. The Morgan fingerprint density at radius 3 is 1.43 bits per heavy atom. The van der Waals surface area contributed by atoms with Crippen molar-refractivity contribution in [3.63, 3.8) is 0 Å². The molecule has 0 heterocycles. The summed E-state index contributed by atoms with van der Waals surface area (Å²) in [5.41, 5.74) is 5.85. The maximum absolute atomic E-state index is 11.3. The molecule has 0 bridgehead atoms. The first kappa shape index (κ1) is 37.1. The summed E-state index contributed by atoms with van der Waals surface area (Å²) in [5, 5.41) is 11.3. The lowest BCUT2D eigenvalue weighted by atomic mass is 9.98. The van der Waals surface area contributed by atoms with E-state index in [2.05, 4.69) is 68.9 Å². The van der Waals surface area contributed by atoms with E-state index in [9.17, 15) is 5.11 Å². The summed E-state index contributed by atoms with van der Waals surface area (Å²) in [7, 11) is 0. The number of benzene rings is 2. The second kappa shape index (κ2) is 25.3. The summed E-state index contributed by atoms with van der Waals surface area (Å²) in [4.78, 5) is 0. The van der Waals surface area contributed by atoms with E-state index >= 15 is 0 Å². The van der Waals surface area contributed by atoms with Crippen molar-refractivity contribution >= 4 is 23.5 Å². The molecule has 1 nitrogen and oxygen atoms in total. The predicted molar refractivity (Wildman–Crippen MR) is 194 cm³/mol. The summed E-state index contributed by atoms with van der Waals surface area (Å²) in [5.74, 6) is 4.84. The molecule has 0 amide bonds. The smallest absolute Gasteiger partial charge is 0.127 e. The van der Waals surface area contributed by atoms with E-state index in [0.717, 1.165) is 28.2 Å². The van der Waals surface area contributed by atoms with E-state index in [1.807, 2.05) is 11.8 Å². The molecular weight excluding hydrogens is 549 g/mol. The van der Waals surface area contributed by atoms with Crippen molar-refractivity contribution < 1.29 is 5.11 Å². The minimum Gasteiger partial charge on any atom is -0.507 e. The van der Waals surface area contributed by atoms with E-state index in [1.54, 1.807) is 0 Å². The fourth-order valence-corrected chi connectivity index (χ4v) is 7.61. The standard InChI is InChI=1S/C39H64OS2/c1-4-6-8-10-12-14-16-18-20-22-28-41-32-35-30-37(39(40)38(31-35)36-26-24-34(3)25-27-36)33-42-29-23-21-19-17-15-13-11-9-7-5-2/h24-27,30-31,40H,4-23,28-29,32-33H2,1-3H3. The number of hydrogen-bond acceptors (Lipinski definition) is 3. The van der Waals surface area contributed by atoms with Crippen LogP contribution in [0.15, 0.2) is 36.4 Å². The Kier molecular flexibility index (Phi) is 22.4. The first-order valence-corrected chi connectivity index (χ1v) is 20.0. The summed E-state index contributed by atoms with van der Waals surface area (Å²) in [6.45, 7) is 6.71. The molecular formula is C39H64OS2. The topological polar surface area (TPSA) is 20.2 Å². The van der Waals surface area contributed by atoms with Crippen LogP contribution in [0.4, 0.5) is 0 Å². The molecule has 2 rings (SSSR count). The highest BCUT2D eigenvalue weighted by atomic mass is 32.2. The van der Waals surface area contributed by atoms with Crippen LogP contribution >= 0.6 is 23.5 Å². The molecule has 0 unspecified atom stereocenters. The molecule has 0 saturated heterocycles. The first-order valence-electron chi connectivity index (χ1n) is 17.7. The van der Waals surface area contributed by atoms with Crippen LogP contribution in [-0.2, 0) is 11.5 Å². The van der Waals surface area contributed by atoms with Crippen molar-refractivity contribution in [1.29, 1.82) is 0 Å². The molecule has 0 aromatic heterocycles. The van der Waals surface area contributed by atoms with E-state index in [-0.39, 0.29) is 0 Å². The monoisotopic (exact) mass is 612 g/mol. The van der Waals surface area contributed by atoms with Crippen molar-refractivity contribution in [1.82, 2.24) is 0 Å². The van der Waals surface area contributed by atoms with Gasteiger partial charge in [0.15, 0.2) is 0 Å². The number of unbranched alkanes of at least 4 members (excludes halogenated alkanes) is 18. The zero-order chi connectivity index (χ0) is 30.1.